The zero-order valence-corrected chi connectivity index (χ0v) is 16.4. The van der Waals surface area contributed by atoms with E-state index >= 15 is 0 Å². The number of hydrogen-bond donors (Lipinski definition) is 2. The molecule has 2 rings (SSSR count). The van der Waals surface area contributed by atoms with Crippen LogP contribution in [0.1, 0.15) is 12.5 Å². The van der Waals surface area contributed by atoms with Crippen LogP contribution in [-0.4, -0.2) is 38.7 Å². The summed E-state index contributed by atoms with van der Waals surface area (Å²) >= 11 is 6.44. The monoisotopic (exact) mass is 423 g/mol. The highest BCUT2D eigenvalue weighted by molar-refractivity contribution is 6.34. The summed E-state index contributed by atoms with van der Waals surface area (Å²) in [6, 6.07) is 4.35. The quantitative estimate of drug-likeness (QED) is 0.329. The van der Waals surface area contributed by atoms with Crippen molar-refractivity contribution in [1.29, 1.82) is 0 Å². The standard InChI is InChI=1S/C20H20ClF2N3O3/c1-12(25-10-27)7-13-8-16(21)18(15-4-3-14(22)9-17(15)23)20(19(13)26-11-28)29-6-5-24-2/h3-4,8-12H,2,5-7H2,1H3,(H,25,27)(H,26,28)/t12-/m1/s1. The fraction of sp³-hybridized carbons (Fsp3) is 0.250. The number of anilines is 1. The maximum Gasteiger partial charge on any atom is 0.211 e. The average molecular weight is 424 g/mol. The van der Waals surface area contributed by atoms with Gasteiger partial charge in [0.2, 0.25) is 12.8 Å². The van der Waals surface area contributed by atoms with Gasteiger partial charge in [0, 0.05) is 23.2 Å². The number of rotatable bonds is 11. The number of nitrogens with zero attached hydrogens (tertiary/aromatic N) is 1. The summed E-state index contributed by atoms with van der Waals surface area (Å²) in [5, 5.41) is 5.32. The summed E-state index contributed by atoms with van der Waals surface area (Å²) in [4.78, 5) is 25.7. The van der Waals surface area contributed by atoms with Gasteiger partial charge >= 0.3 is 0 Å². The van der Waals surface area contributed by atoms with Gasteiger partial charge in [-0.15, -0.1) is 0 Å². The van der Waals surface area contributed by atoms with Crippen LogP contribution >= 0.6 is 11.6 Å². The fourth-order valence-corrected chi connectivity index (χ4v) is 3.18. The minimum Gasteiger partial charge on any atom is -0.489 e. The van der Waals surface area contributed by atoms with Gasteiger partial charge in [0.15, 0.2) is 5.75 Å². The molecule has 0 unspecified atom stereocenters. The molecule has 2 aromatic carbocycles. The molecule has 1 atom stereocenters. The minimum atomic E-state index is -0.834. The van der Waals surface area contributed by atoms with Crippen LogP contribution in [0.3, 0.4) is 0 Å². The molecular formula is C20H20ClF2N3O3. The van der Waals surface area contributed by atoms with Crippen LogP contribution in [0.4, 0.5) is 14.5 Å². The number of halogens is 3. The largest absolute Gasteiger partial charge is 0.489 e. The number of ether oxygens (including phenoxy) is 1. The first-order valence-electron chi connectivity index (χ1n) is 8.68. The summed E-state index contributed by atoms with van der Waals surface area (Å²) in [6.45, 7) is 5.48. The van der Waals surface area contributed by atoms with Gasteiger partial charge < -0.3 is 15.4 Å². The zero-order chi connectivity index (χ0) is 21.4. The number of carbonyl (C=O) groups excluding carboxylic acids is 2. The Balaban J connectivity index is 2.70. The predicted octanol–water partition coefficient (Wildman–Crippen LogP) is 3.61. The van der Waals surface area contributed by atoms with Gasteiger partial charge in [-0.25, -0.2) is 8.78 Å². The minimum absolute atomic E-state index is 0.0116. The zero-order valence-electron chi connectivity index (χ0n) is 15.7. The molecule has 0 heterocycles. The van der Waals surface area contributed by atoms with Crippen LogP contribution in [0.25, 0.3) is 11.1 Å². The Bertz CT molecular complexity index is 909. The first-order chi connectivity index (χ1) is 13.9. The summed E-state index contributed by atoms with van der Waals surface area (Å²) < 4.78 is 33.6. The van der Waals surface area contributed by atoms with Crippen LogP contribution in [0.15, 0.2) is 29.3 Å². The lowest BCUT2D eigenvalue weighted by atomic mass is 9.96. The third-order valence-corrected chi connectivity index (χ3v) is 4.39. The van der Waals surface area contributed by atoms with E-state index in [-0.39, 0.29) is 46.8 Å². The molecule has 0 bridgehead atoms. The van der Waals surface area contributed by atoms with E-state index in [1.807, 2.05) is 0 Å². The van der Waals surface area contributed by atoms with Crippen LogP contribution in [0.2, 0.25) is 5.02 Å². The van der Waals surface area contributed by atoms with Crippen molar-refractivity contribution in [2.45, 2.75) is 19.4 Å². The van der Waals surface area contributed by atoms with Crippen molar-refractivity contribution in [1.82, 2.24) is 5.32 Å². The maximum atomic E-state index is 14.5. The number of benzene rings is 2. The van der Waals surface area contributed by atoms with Gasteiger partial charge in [0.05, 0.1) is 17.3 Å². The molecule has 0 fully saturated rings. The van der Waals surface area contributed by atoms with Crippen LogP contribution in [0, 0.1) is 11.6 Å². The SMILES string of the molecule is C=NCCOc1c(NC=O)c(C[C@@H](C)NC=O)cc(Cl)c1-c1ccc(F)cc1F. The molecule has 154 valence electrons. The highest BCUT2D eigenvalue weighted by Gasteiger charge is 2.23. The number of amides is 2. The molecule has 29 heavy (non-hydrogen) atoms. The molecule has 0 radical (unpaired) electrons. The summed E-state index contributed by atoms with van der Waals surface area (Å²) in [5.41, 5.74) is 1.01. The van der Waals surface area contributed by atoms with Gasteiger partial charge in [-0.1, -0.05) is 11.6 Å². The van der Waals surface area contributed by atoms with E-state index in [2.05, 4.69) is 22.3 Å². The Kier molecular flexibility index (Phi) is 8.09. The van der Waals surface area contributed by atoms with Crippen molar-refractivity contribution in [3.8, 4) is 16.9 Å². The Hall–Kier alpha value is -3.00. The molecule has 0 saturated heterocycles. The lowest BCUT2D eigenvalue weighted by Crippen LogP contribution is -2.27. The first-order valence-corrected chi connectivity index (χ1v) is 9.06. The molecule has 2 amide bonds. The molecule has 0 aliphatic heterocycles. The topological polar surface area (TPSA) is 79.8 Å². The van der Waals surface area contributed by atoms with E-state index in [0.29, 0.717) is 24.8 Å². The highest BCUT2D eigenvalue weighted by Crippen LogP contribution is 2.45. The molecular weight excluding hydrogens is 404 g/mol. The van der Waals surface area contributed by atoms with E-state index in [0.717, 1.165) is 12.1 Å². The third kappa shape index (κ3) is 5.51. The van der Waals surface area contributed by atoms with Crippen molar-refractivity contribution in [3.05, 3.63) is 46.5 Å². The van der Waals surface area contributed by atoms with Crippen molar-refractivity contribution >= 4 is 36.8 Å². The molecule has 0 spiro atoms. The van der Waals surface area contributed by atoms with E-state index in [9.17, 15) is 18.4 Å². The molecule has 9 heteroatoms. The van der Waals surface area contributed by atoms with E-state index in [4.69, 9.17) is 16.3 Å². The smallest absolute Gasteiger partial charge is 0.211 e. The summed E-state index contributed by atoms with van der Waals surface area (Å²) in [6.07, 6.45) is 1.33. The van der Waals surface area contributed by atoms with Gasteiger partial charge in [0.1, 0.15) is 18.2 Å². The van der Waals surface area contributed by atoms with Crippen molar-refractivity contribution in [2.24, 2.45) is 4.99 Å². The van der Waals surface area contributed by atoms with E-state index in [1.165, 1.54) is 6.07 Å². The second-order valence-corrected chi connectivity index (χ2v) is 6.58. The van der Waals surface area contributed by atoms with Crippen molar-refractivity contribution in [3.63, 3.8) is 0 Å². The molecule has 6 nitrogen and oxygen atoms in total. The van der Waals surface area contributed by atoms with Crippen molar-refractivity contribution < 1.29 is 23.1 Å². The molecule has 2 aromatic rings. The fourth-order valence-electron chi connectivity index (χ4n) is 2.86. The third-order valence-electron chi connectivity index (χ3n) is 4.09. The molecule has 0 aliphatic rings. The number of nitrogens with one attached hydrogen (secondary N) is 2. The lowest BCUT2D eigenvalue weighted by molar-refractivity contribution is -0.110. The number of hydrogen-bond acceptors (Lipinski definition) is 4. The van der Waals surface area contributed by atoms with Gasteiger partial charge in [-0.2, -0.15) is 0 Å². The Morgan fingerprint density at radius 3 is 2.66 bits per heavy atom. The number of carbonyl (C=O) groups is 2. The number of aliphatic imine (C=N–C) groups is 1. The first kappa shape index (κ1) is 22.3. The Morgan fingerprint density at radius 2 is 2.03 bits per heavy atom. The normalized spacial score (nSPS) is 11.4. The van der Waals surface area contributed by atoms with E-state index in [1.54, 1.807) is 13.0 Å². The van der Waals surface area contributed by atoms with Gasteiger partial charge in [-0.05, 0) is 43.8 Å². The van der Waals surface area contributed by atoms with Crippen LogP contribution in [-0.2, 0) is 16.0 Å². The maximum absolute atomic E-state index is 14.5. The molecule has 2 N–H and O–H groups in total. The second-order valence-electron chi connectivity index (χ2n) is 6.17. The van der Waals surface area contributed by atoms with Gasteiger partial charge in [0.25, 0.3) is 0 Å². The lowest BCUT2D eigenvalue weighted by Gasteiger charge is -2.22. The summed E-state index contributed by atoms with van der Waals surface area (Å²) in [5.74, 6) is -1.45. The van der Waals surface area contributed by atoms with E-state index < -0.39 is 11.6 Å². The summed E-state index contributed by atoms with van der Waals surface area (Å²) in [7, 11) is 0. The average Bonchev–Trinajstić information content (AvgIpc) is 2.66. The Morgan fingerprint density at radius 1 is 1.28 bits per heavy atom. The van der Waals surface area contributed by atoms with Crippen LogP contribution in [0.5, 0.6) is 5.75 Å². The van der Waals surface area contributed by atoms with Gasteiger partial charge in [-0.3, -0.25) is 14.6 Å². The molecule has 0 aromatic heterocycles. The second kappa shape index (κ2) is 10.5. The van der Waals surface area contributed by atoms with Crippen molar-refractivity contribution in [2.75, 3.05) is 18.5 Å². The Labute approximate surface area is 171 Å². The predicted molar refractivity (Wildman–Crippen MR) is 109 cm³/mol. The van der Waals surface area contributed by atoms with Crippen LogP contribution < -0.4 is 15.4 Å². The molecule has 0 aliphatic carbocycles. The molecule has 0 saturated carbocycles. The highest BCUT2D eigenvalue weighted by atomic mass is 35.5.